The summed E-state index contributed by atoms with van der Waals surface area (Å²) >= 11 is 0. The molecular formula is C26H26O6. The summed E-state index contributed by atoms with van der Waals surface area (Å²) in [6.07, 6.45) is -0.773. The van der Waals surface area contributed by atoms with Gasteiger partial charge in [-0.15, -0.1) is 0 Å². The van der Waals surface area contributed by atoms with Crippen LogP contribution in [0.3, 0.4) is 0 Å². The van der Waals surface area contributed by atoms with Crippen LogP contribution in [0, 0.1) is 0 Å². The van der Waals surface area contributed by atoms with Gasteiger partial charge in [0.15, 0.2) is 11.2 Å². The van der Waals surface area contributed by atoms with Crippen LogP contribution in [0.2, 0.25) is 0 Å². The summed E-state index contributed by atoms with van der Waals surface area (Å²) in [6, 6.07) is 20.7. The van der Waals surface area contributed by atoms with E-state index in [-0.39, 0.29) is 5.92 Å². The molecule has 6 heteroatoms. The third-order valence-electron chi connectivity index (χ3n) is 6.87. The molecule has 4 atom stereocenters. The smallest absolute Gasteiger partial charge is 0.176 e. The summed E-state index contributed by atoms with van der Waals surface area (Å²) in [7, 11) is 4.71. The van der Waals surface area contributed by atoms with Crippen LogP contribution in [0.5, 0.6) is 23.0 Å². The first-order valence-electron chi connectivity index (χ1n) is 10.5. The highest BCUT2D eigenvalue weighted by molar-refractivity contribution is 5.62. The summed E-state index contributed by atoms with van der Waals surface area (Å²) in [5.74, 6) is 1.79. The van der Waals surface area contributed by atoms with Crippen LogP contribution >= 0.6 is 0 Å². The van der Waals surface area contributed by atoms with Crippen LogP contribution in [0.1, 0.15) is 29.0 Å². The van der Waals surface area contributed by atoms with Crippen LogP contribution < -0.4 is 18.9 Å². The zero-order valence-corrected chi connectivity index (χ0v) is 18.2. The monoisotopic (exact) mass is 434 g/mol. The molecule has 2 aliphatic rings. The lowest BCUT2D eigenvalue weighted by Crippen LogP contribution is -2.52. The largest absolute Gasteiger partial charge is 0.497 e. The van der Waals surface area contributed by atoms with Crippen molar-refractivity contribution < 1.29 is 29.2 Å². The van der Waals surface area contributed by atoms with Crippen molar-refractivity contribution in [1.29, 1.82) is 0 Å². The fourth-order valence-electron chi connectivity index (χ4n) is 5.42. The van der Waals surface area contributed by atoms with Gasteiger partial charge in [-0.05, 0) is 29.7 Å². The molecule has 32 heavy (non-hydrogen) atoms. The normalized spacial score (nSPS) is 27.9. The Kier molecular flexibility index (Phi) is 4.80. The summed E-state index contributed by atoms with van der Waals surface area (Å²) in [6.45, 7) is 0. The van der Waals surface area contributed by atoms with Crippen molar-refractivity contribution in [2.45, 2.75) is 29.6 Å². The molecule has 1 aliphatic heterocycles. The molecule has 0 saturated heterocycles. The van der Waals surface area contributed by atoms with Crippen molar-refractivity contribution >= 4 is 0 Å². The SMILES string of the molecule is COc1ccc([C@@H]2C[C@@H](O)[C@@]3(O)c4c(OC)cc(OC)cc4O[C@@]23c2ccccc2)cc1. The lowest BCUT2D eigenvalue weighted by atomic mass is 9.71. The molecule has 3 aromatic rings. The Morgan fingerprint density at radius 1 is 0.875 bits per heavy atom. The third-order valence-corrected chi connectivity index (χ3v) is 6.87. The zero-order chi connectivity index (χ0) is 22.5. The molecule has 0 spiro atoms. The standard InChI is InChI=1S/C26H26O6/c1-29-18-11-9-16(10-12-18)20-15-23(27)25(28)24-21(31-3)13-19(30-2)14-22(24)32-26(20,25)17-7-5-4-6-8-17/h4-14,20,23,27-28H,15H2,1-3H3/t20-,23+,25+,26-/m0/s1. The van der Waals surface area contributed by atoms with E-state index in [0.29, 0.717) is 29.2 Å². The Morgan fingerprint density at radius 3 is 2.19 bits per heavy atom. The van der Waals surface area contributed by atoms with E-state index in [1.165, 1.54) is 7.11 Å². The molecule has 0 aromatic heterocycles. The number of hydrogen-bond acceptors (Lipinski definition) is 6. The average Bonchev–Trinajstić information content (AvgIpc) is 3.24. The number of aliphatic hydroxyl groups excluding tert-OH is 1. The molecule has 0 amide bonds. The molecule has 0 bridgehead atoms. The maximum atomic E-state index is 12.3. The second kappa shape index (κ2) is 7.43. The number of aliphatic hydroxyl groups is 2. The number of hydrogen-bond donors (Lipinski definition) is 2. The van der Waals surface area contributed by atoms with Gasteiger partial charge in [-0.1, -0.05) is 42.5 Å². The van der Waals surface area contributed by atoms with Gasteiger partial charge >= 0.3 is 0 Å². The van der Waals surface area contributed by atoms with Crippen molar-refractivity contribution in [3.05, 3.63) is 83.4 Å². The molecular weight excluding hydrogens is 408 g/mol. The van der Waals surface area contributed by atoms with Crippen LogP contribution in [-0.2, 0) is 11.2 Å². The lowest BCUT2D eigenvalue weighted by Gasteiger charge is -2.40. The first-order chi connectivity index (χ1) is 15.5. The van der Waals surface area contributed by atoms with E-state index in [9.17, 15) is 10.2 Å². The van der Waals surface area contributed by atoms with Crippen molar-refractivity contribution in [3.8, 4) is 23.0 Å². The summed E-state index contributed by atoms with van der Waals surface area (Å²) in [4.78, 5) is 0. The van der Waals surface area contributed by atoms with Crippen LogP contribution in [-0.4, -0.2) is 37.6 Å². The van der Waals surface area contributed by atoms with E-state index in [1.807, 2.05) is 54.6 Å². The van der Waals surface area contributed by atoms with Crippen molar-refractivity contribution in [1.82, 2.24) is 0 Å². The predicted molar refractivity (Wildman–Crippen MR) is 119 cm³/mol. The van der Waals surface area contributed by atoms with Gasteiger partial charge in [0.1, 0.15) is 23.0 Å². The third kappa shape index (κ3) is 2.60. The first-order valence-corrected chi connectivity index (χ1v) is 10.5. The van der Waals surface area contributed by atoms with E-state index in [0.717, 1.165) is 16.9 Å². The molecule has 2 N–H and O–H groups in total. The zero-order valence-electron chi connectivity index (χ0n) is 18.2. The van der Waals surface area contributed by atoms with Gasteiger partial charge in [0, 0.05) is 18.1 Å². The van der Waals surface area contributed by atoms with Crippen molar-refractivity contribution in [2.75, 3.05) is 21.3 Å². The van der Waals surface area contributed by atoms with Crippen LogP contribution in [0.15, 0.2) is 66.7 Å². The topological polar surface area (TPSA) is 77.4 Å². The van der Waals surface area contributed by atoms with E-state index in [4.69, 9.17) is 18.9 Å². The second-order valence-electron chi connectivity index (χ2n) is 8.25. The Labute approximate surface area is 186 Å². The van der Waals surface area contributed by atoms with Gasteiger partial charge in [0.25, 0.3) is 0 Å². The highest BCUT2D eigenvalue weighted by atomic mass is 16.5. The number of ether oxygens (including phenoxy) is 4. The first kappa shape index (κ1) is 20.7. The minimum atomic E-state index is -1.73. The molecule has 1 fully saturated rings. The summed E-state index contributed by atoms with van der Waals surface area (Å²) < 4.78 is 23.0. The van der Waals surface area contributed by atoms with Crippen molar-refractivity contribution in [3.63, 3.8) is 0 Å². The summed E-state index contributed by atoms with van der Waals surface area (Å²) in [5, 5.41) is 23.7. The fourth-order valence-corrected chi connectivity index (χ4v) is 5.42. The van der Waals surface area contributed by atoms with E-state index in [1.54, 1.807) is 26.4 Å². The highest BCUT2D eigenvalue weighted by Crippen LogP contribution is 2.68. The second-order valence-corrected chi connectivity index (χ2v) is 8.25. The maximum Gasteiger partial charge on any atom is 0.176 e. The highest BCUT2D eigenvalue weighted by Gasteiger charge is 2.73. The molecule has 1 heterocycles. The number of benzene rings is 3. The number of fused-ring (bicyclic) bond motifs is 3. The molecule has 3 aromatic carbocycles. The van der Waals surface area contributed by atoms with Crippen molar-refractivity contribution in [2.24, 2.45) is 0 Å². The van der Waals surface area contributed by atoms with Gasteiger partial charge < -0.3 is 29.2 Å². The van der Waals surface area contributed by atoms with Gasteiger partial charge in [0.2, 0.25) is 0 Å². The fraction of sp³-hybridized carbons (Fsp3) is 0.308. The van der Waals surface area contributed by atoms with Crippen LogP contribution in [0.4, 0.5) is 0 Å². The Morgan fingerprint density at radius 2 is 1.56 bits per heavy atom. The van der Waals surface area contributed by atoms with Gasteiger partial charge in [-0.25, -0.2) is 0 Å². The predicted octanol–water partition coefficient (Wildman–Crippen LogP) is 3.74. The molecule has 166 valence electrons. The maximum absolute atomic E-state index is 12.3. The minimum Gasteiger partial charge on any atom is -0.497 e. The number of rotatable bonds is 5. The Bertz CT molecular complexity index is 1130. The van der Waals surface area contributed by atoms with Gasteiger partial charge in [-0.2, -0.15) is 0 Å². The Hall–Kier alpha value is -3.22. The van der Waals surface area contributed by atoms with Gasteiger partial charge in [-0.3, -0.25) is 0 Å². The van der Waals surface area contributed by atoms with E-state index in [2.05, 4.69) is 0 Å². The quantitative estimate of drug-likeness (QED) is 0.637. The molecule has 0 unspecified atom stereocenters. The molecule has 1 saturated carbocycles. The van der Waals surface area contributed by atoms with Crippen LogP contribution in [0.25, 0.3) is 0 Å². The van der Waals surface area contributed by atoms with Gasteiger partial charge in [0.05, 0.1) is 33.0 Å². The lowest BCUT2D eigenvalue weighted by molar-refractivity contribution is -0.149. The van der Waals surface area contributed by atoms with E-state index >= 15 is 0 Å². The minimum absolute atomic E-state index is 0.312. The number of methoxy groups -OCH3 is 3. The molecule has 6 nitrogen and oxygen atoms in total. The summed E-state index contributed by atoms with van der Waals surface area (Å²) in [5.41, 5.74) is -0.843. The molecule has 1 aliphatic carbocycles. The average molecular weight is 434 g/mol. The molecule has 0 radical (unpaired) electrons. The molecule has 5 rings (SSSR count). The Balaban J connectivity index is 1.78. The van der Waals surface area contributed by atoms with E-state index < -0.39 is 17.3 Å².